The Bertz CT molecular complexity index is 820. The highest BCUT2D eigenvalue weighted by Crippen LogP contribution is 2.19. The van der Waals surface area contributed by atoms with Gasteiger partial charge >= 0.3 is 0 Å². The molecular formula is C20H27N5O3. The molecule has 1 aliphatic heterocycles. The molecule has 8 nitrogen and oxygen atoms in total. The largest absolute Gasteiger partial charge is 0.338 e. The molecule has 1 fully saturated rings. The van der Waals surface area contributed by atoms with E-state index < -0.39 is 0 Å². The SMILES string of the molecule is Cc1cc(NC(=O)CN2CCN(CC(=O)Nc3c(C)cccc3C)CC2)on1. The van der Waals surface area contributed by atoms with Gasteiger partial charge in [-0.05, 0) is 31.9 Å². The van der Waals surface area contributed by atoms with Crippen LogP contribution in [-0.4, -0.2) is 66.0 Å². The van der Waals surface area contributed by atoms with E-state index in [1.165, 1.54) is 0 Å². The molecule has 0 atom stereocenters. The molecule has 0 radical (unpaired) electrons. The molecule has 2 aromatic rings. The molecule has 2 N–H and O–H groups in total. The maximum absolute atomic E-state index is 12.4. The number of benzene rings is 1. The number of nitrogens with one attached hydrogen (secondary N) is 2. The predicted molar refractivity (Wildman–Crippen MR) is 107 cm³/mol. The summed E-state index contributed by atoms with van der Waals surface area (Å²) in [5.74, 6) is 0.228. The van der Waals surface area contributed by atoms with E-state index >= 15 is 0 Å². The van der Waals surface area contributed by atoms with Crippen molar-refractivity contribution in [3.05, 3.63) is 41.1 Å². The van der Waals surface area contributed by atoms with E-state index in [-0.39, 0.29) is 11.8 Å². The van der Waals surface area contributed by atoms with Gasteiger partial charge in [0.05, 0.1) is 18.8 Å². The highest BCUT2D eigenvalue weighted by atomic mass is 16.5. The number of hydrogen-bond acceptors (Lipinski definition) is 6. The summed E-state index contributed by atoms with van der Waals surface area (Å²) in [6.07, 6.45) is 0. The fourth-order valence-electron chi connectivity index (χ4n) is 3.30. The van der Waals surface area contributed by atoms with Crippen molar-refractivity contribution >= 4 is 23.4 Å². The quantitative estimate of drug-likeness (QED) is 0.788. The van der Waals surface area contributed by atoms with Gasteiger partial charge in [-0.2, -0.15) is 0 Å². The number of para-hydroxylation sites is 1. The van der Waals surface area contributed by atoms with E-state index in [2.05, 4.69) is 25.6 Å². The van der Waals surface area contributed by atoms with Gasteiger partial charge in [-0.25, -0.2) is 0 Å². The van der Waals surface area contributed by atoms with Crippen molar-refractivity contribution in [3.63, 3.8) is 0 Å². The summed E-state index contributed by atoms with van der Waals surface area (Å²) in [5.41, 5.74) is 3.74. The molecule has 0 saturated carbocycles. The highest BCUT2D eigenvalue weighted by molar-refractivity contribution is 5.93. The third-order valence-corrected chi connectivity index (χ3v) is 4.84. The van der Waals surface area contributed by atoms with Crippen LogP contribution in [0.25, 0.3) is 0 Å². The standard InChI is InChI=1S/C20H27N5O3/c1-14-5-4-6-15(2)20(14)22-18(27)13-25-9-7-24(8-10-25)12-17(26)21-19-11-16(3)23-28-19/h4-6,11H,7-10,12-13H2,1-3H3,(H,21,26)(H,22,27). The zero-order valence-corrected chi connectivity index (χ0v) is 16.6. The van der Waals surface area contributed by atoms with Gasteiger partial charge in [0.15, 0.2) is 0 Å². The highest BCUT2D eigenvalue weighted by Gasteiger charge is 2.21. The molecule has 0 aliphatic carbocycles. The van der Waals surface area contributed by atoms with Crippen molar-refractivity contribution in [1.82, 2.24) is 15.0 Å². The lowest BCUT2D eigenvalue weighted by atomic mass is 10.1. The van der Waals surface area contributed by atoms with Crippen LogP contribution in [0.3, 0.4) is 0 Å². The minimum atomic E-state index is -0.127. The van der Waals surface area contributed by atoms with Crippen molar-refractivity contribution < 1.29 is 14.1 Å². The van der Waals surface area contributed by atoms with Crippen molar-refractivity contribution in [1.29, 1.82) is 0 Å². The monoisotopic (exact) mass is 385 g/mol. The lowest BCUT2D eigenvalue weighted by molar-refractivity contribution is -0.120. The molecule has 0 spiro atoms. The number of aryl methyl sites for hydroxylation is 3. The number of amides is 2. The summed E-state index contributed by atoms with van der Waals surface area (Å²) < 4.78 is 5.00. The number of carbonyl (C=O) groups excluding carboxylic acids is 2. The van der Waals surface area contributed by atoms with Crippen LogP contribution in [0.2, 0.25) is 0 Å². The van der Waals surface area contributed by atoms with Crippen LogP contribution < -0.4 is 10.6 Å². The molecule has 0 unspecified atom stereocenters. The third kappa shape index (κ3) is 5.40. The number of rotatable bonds is 6. The Hall–Kier alpha value is -2.71. The Morgan fingerprint density at radius 3 is 2.00 bits per heavy atom. The first-order valence-electron chi connectivity index (χ1n) is 9.44. The van der Waals surface area contributed by atoms with Crippen LogP contribution >= 0.6 is 0 Å². The van der Waals surface area contributed by atoms with Crippen LogP contribution in [0, 0.1) is 20.8 Å². The third-order valence-electron chi connectivity index (χ3n) is 4.84. The number of aromatic nitrogens is 1. The Balaban J connectivity index is 1.41. The molecule has 150 valence electrons. The minimum absolute atomic E-state index is 0.00992. The van der Waals surface area contributed by atoms with E-state index in [0.717, 1.165) is 48.7 Å². The maximum Gasteiger partial charge on any atom is 0.240 e. The van der Waals surface area contributed by atoms with Crippen LogP contribution in [0.1, 0.15) is 16.8 Å². The minimum Gasteiger partial charge on any atom is -0.338 e. The summed E-state index contributed by atoms with van der Waals surface area (Å²) in [6, 6.07) is 7.66. The average Bonchev–Trinajstić information content (AvgIpc) is 3.04. The number of carbonyl (C=O) groups is 2. The Kier molecular flexibility index (Phi) is 6.43. The zero-order chi connectivity index (χ0) is 20.1. The summed E-state index contributed by atoms with van der Waals surface area (Å²) >= 11 is 0. The van der Waals surface area contributed by atoms with Crippen molar-refractivity contribution in [2.75, 3.05) is 49.9 Å². The summed E-state index contributed by atoms with van der Waals surface area (Å²) in [5, 5.41) is 9.47. The lowest BCUT2D eigenvalue weighted by Crippen LogP contribution is -2.50. The molecule has 1 aliphatic rings. The summed E-state index contributed by atoms with van der Waals surface area (Å²) in [6.45, 7) is 9.39. The molecule has 2 heterocycles. The van der Waals surface area contributed by atoms with Gasteiger partial charge in [-0.15, -0.1) is 0 Å². The number of anilines is 2. The molecule has 3 rings (SSSR count). The second-order valence-electron chi connectivity index (χ2n) is 7.25. The molecule has 1 aromatic heterocycles. The Labute approximate surface area is 164 Å². The number of nitrogens with zero attached hydrogens (tertiary/aromatic N) is 3. The van der Waals surface area contributed by atoms with E-state index in [1.807, 2.05) is 32.0 Å². The molecule has 2 amide bonds. The van der Waals surface area contributed by atoms with Gasteiger partial charge in [0.2, 0.25) is 17.7 Å². The van der Waals surface area contributed by atoms with Crippen molar-refractivity contribution in [2.45, 2.75) is 20.8 Å². The lowest BCUT2D eigenvalue weighted by Gasteiger charge is -2.33. The van der Waals surface area contributed by atoms with Crippen molar-refractivity contribution in [3.8, 4) is 0 Å². The Morgan fingerprint density at radius 1 is 0.964 bits per heavy atom. The second kappa shape index (κ2) is 8.99. The fraction of sp³-hybridized carbons (Fsp3) is 0.450. The first-order chi connectivity index (χ1) is 13.4. The number of piperazine rings is 1. The molecule has 1 saturated heterocycles. The van der Waals surface area contributed by atoms with Gasteiger partial charge in [-0.3, -0.25) is 24.7 Å². The molecular weight excluding hydrogens is 358 g/mol. The first-order valence-corrected chi connectivity index (χ1v) is 9.44. The van der Waals surface area contributed by atoms with Crippen LogP contribution in [-0.2, 0) is 9.59 Å². The number of hydrogen-bond donors (Lipinski definition) is 2. The first kappa shape index (κ1) is 20.0. The average molecular weight is 385 g/mol. The molecule has 28 heavy (non-hydrogen) atoms. The van der Waals surface area contributed by atoms with E-state index in [4.69, 9.17) is 4.52 Å². The molecule has 0 bridgehead atoms. The van der Waals surface area contributed by atoms with Crippen LogP contribution in [0.4, 0.5) is 11.6 Å². The van der Waals surface area contributed by atoms with Gasteiger partial charge < -0.3 is 9.84 Å². The molecule has 8 heteroatoms. The van der Waals surface area contributed by atoms with Gasteiger partial charge in [0.1, 0.15) is 0 Å². The smallest absolute Gasteiger partial charge is 0.240 e. The fourth-order valence-corrected chi connectivity index (χ4v) is 3.30. The van der Waals surface area contributed by atoms with Gasteiger partial charge in [0.25, 0.3) is 0 Å². The normalized spacial score (nSPS) is 15.4. The summed E-state index contributed by atoms with van der Waals surface area (Å²) in [4.78, 5) is 28.7. The van der Waals surface area contributed by atoms with Gasteiger partial charge in [0, 0.05) is 37.9 Å². The topological polar surface area (TPSA) is 90.7 Å². The van der Waals surface area contributed by atoms with Crippen molar-refractivity contribution in [2.24, 2.45) is 0 Å². The van der Waals surface area contributed by atoms with E-state index in [9.17, 15) is 9.59 Å². The van der Waals surface area contributed by atoms with E-state index in [0.29, 0.717) is 19.0 Å². The zero-order valence-electron chi connectivity index (χ0n) is 16.6. The van der Waals surface area contributed by atoms with Crippen LogP contribution in [0.5, 0.6) is 0 Å². The van der Waals surface area contributed by atoms with Gasteiger partial charge in [-0.1, -0.05) is 23.4 Å². The van der Waals surface area contributed by atoms with E-state index in [1.54, 1.807) is 13.0 Å². The summed E-state index contributed by atoms with van der Waals surface area (Å²) in [7, 11) is 0. The predicted octanol–water partition coefficient (Wildman–Crippen LogP) is 1.79. The molecule has 1 aromatic carbocycles. The Morgan fingerprint density at radius 2 is 1.50 bits per heavy atom. The maximum atomic E-state index is 12.4. The van der Waals surface area contributed by atoms with Crippen LogP contribution in [0.15, 0.2) is 28.8 Å². The second-order valence-corrected chi connectivity index (χ2v) is 7.25.